The van der Waals surface area contributed by atoms with Crippen molar-refractivity contribution in [3.63, 3.8) is 0 Å². The lowest BCUT2D eigenvalue weighted by Crippen LogP contribution is -2.23. The molecule has 0 aliphatic heterocycles. The van der Waals surface area contributed by atoms with Gasteiger partial charge >= 0.3 is 0 Å². The fraction of sp³-hybridized carbons (Fsp3) is 0.250. The predicted molar refractivity (Wildman–Crippen MR) is 66.5 cm³/mol. The van der Waals surface area contributed by atoms with Crippen molar-refractivity contribution in [3.8, 4) is 0 Å². The first-order valence-electron chi connectivity index (χ1n) is 5.61. The van der Waals surface area contributed by atoms with E-state index in [1.807, 2.05) is 19.3 Å². The Hall–Kier alpha value is -2.21. The Morgan fingerprint density at radius 1 is 1.44 bits per heavy atom. The van der Waals surface area contributed by atoms with Gasteiger partial charge in [0.15, 0.2) is 0 Å². The Bertz CT molecular complexity index is 549. The SMILES string of the molecule is Cn1ccc(CNC(=O)c2ccnc(CN)c2)n1. The van der Waals surface area contributed by atoms with Gasteiger partial charge in [0.25, 0.3) is 5.91 Å². The summed E-state index contributed by atoms with van der Waals surface area (Å²) >= 11 is 0. The van der Waals surface area contributed by atoms with E-state index < -0.39 is 0 Å². The van der Waals surface area contributed by atoms with Crippen LogP contribution >= 0.6 is 0 Å². The molecule has 0 aliphatic carbocycles. The number of aromatic nitrogens is 3. The van der Waals surface area contributed by atoms with E-state index >= 15 is 0 Å². The third kappa shape index (κ3) is 2.92. The first kappa shape index (κ1) is 12.3. The molecule has 6 heteroatoms. The van der Waals surface area contributed by atoms with Gasteiger partial charge in [-0.3, -0.25) is 14.5 Å². The molecule has 0 saturated carbocycles. The highest BCUT2D eigenvalue weighted by atomic mass is 16.1. The largest absolute Gasteiger partial charge is 0.346 e. The third-order valence-corrected chi connectivity index (χ3v) is 2.49. The van der Waals surface area contributed by atoms with E-state index in [4.69, 9.17) is 5.73 Å². The van der Waals surface area contributed by atoms with E-state index in [1.165, 1.54) is 0 Å². The zero-order valence-electron chi connectivity index (χ0n) is 10.1. The van der Waals surface area contributed by atoms with E-state index in [1.54, 1.807) is 23.0 Å². The van der Waals surface area contributed by atoms with Crippen LogP contribution in [0.25, 0.3) is 0 Å². The van der Waals surface area contributed by atoms with Crippen LogP contribution in [0.15, 0.2) is 30.6 Å². The number of carbonyl (C=O) groups excluding carboxylic acids is 1. The zero-order valence-corrected chi connectivity index (χ0v) is 10.1. The number of pyridine rings is 1. The van der Waals surface area contributed by atoms with Gasteiger partial charge < -0.3 is 11.1 Å². The Balaban J connectivity index is 1.99. The first-order chi connectivity index (χ1) is 8.69. The lowest BCUT2D eigenvalue weighted by molar-refractivity contribution is 0.0950. The molecule has 0 saturated heterocycles. The van der Waals surface area contributed by atoms with Crippen LogP contribution in [-0.4, -0.2) is 20.7 Å². The number of hydrogen-bond donors (Lipinski definition) is 2. The van der Waals surface area contributed by atoms with Gasteiger partial charge in [0.05, 0.1) is 17.9 Å². The van der Waals surface area contributed by atoms with Crippen molar-refractivity contribution in [1.29, 1.82) is 0 Å². The summed E-state index contributed by atoms with van der Waals surface area (Å²) in [7, 11) is 1.84. The summed E-state index contributed by atoms with van der Waals surface area (Å²) in [4.78, 5) is 15.9. The summed E-state index contributed by atoms with van der Waals surface area (Å²) in [5.41, 5.74) is 7.55. The Morgan fingerprint density at radius 2 is 2.28 bits per heavy atom. The molecule has 2 heterocycles. The summed E-state index contributed by atoms with van der Waals surface area (Å²) in [6.07, 6.45) is 3.42. The fourth-order valence-corrected chi connectivity index (χ4v) is 1.56. The molecular formula is C12H15N5O. The molecule has 0 atom stereocenters. The highest BCUT2D eigenvalue weighted by Gasteiger charge is 2.07. The van der Waals surface area contributed by atoms with Crippen LogP contribution in [0.4, 0.5) is 0 Å². The van der Waals surface area contributed by atoms with Crippen molar-refractivity contribution in [2.75, 3.05) is 0 Å². The lowest BCUT2D eigenvalue weighted by atomic mass is 10.2. The molecule has 2 aromatic rings. The molecule has 0 fully saturated rings. The number of nitrogens with one attached hydrogen (secondary N) is 1. The van der Waals surface area contributed by atoms with Gasteiger partial charge in [-0.25, -0.2) is 0 Å². The van der Waals surface area contributed by atoms with Crippen LogP contribution in [0.1, 0.15) is 21.7 Å². The molecule has 18 heavy (non-hydrogen) atoms. The molecule has 0 spiro atoms. The maximum Gasteiger partial charge on any atom is 0.251 e. The van der Waals surface area contributed by atoms with E-state index in [0.29, 0.717) is 24.3 Å². The van der Waals surface area contributed by atoms with Gasteiger partial charge in [-0.15, -0.1) is 0 Å². The Kier molecular flexibility index (Phi) is 3.69. The normalized spacial score (nSPS) is 10.3. The summed E-state index contributed by atoms with van der Waals surface area (Å²) in [5, 5.41) is 6.98. The quantitative estimate of drug-likeness (QED) is 0.806. The third-order valence-electron chi connectivity index (χ3n) is 2.49. The van der Waals surface area contributed by atoms with Gasteiger partial charge in [-0.05, 0) is 18.2 Å². The van der Waals surface area contributed by atoms with Gasteiger partial charge in [0.2, 0.25) is 0 Å². The van der Waals surface area contributed by atoms with Crippen molar-refractivity contribution < 1.29 is 4.79 Å². The van der Waals surface area contributed by atoms with E-state index in [9.17, 15) is 4.79 Å². The van der Waals surface area contributed by atoms with E-state index in [0.717, 1.165) is 5.69 Å². The zero-order chi connectivity index (χ0) is 13.0. The van der Waals surface area contributed by atoms with Crippen molar-refractivity contribution in [2.24, 2.45) is 12.8 Å². The number of rotatable bonds is 4. The van der Waals surface area contributed by atoms with E-state index in [2.05, 4.69) is 15.4 Å². The Morgan fingerprint density at radius 3 is 2.94 bits per heavy atom. The minimum absolute atomic E-state index is 0.155. The van der Waals surface area contributed by atoms with Crippen molar-refractivity contribution in [2.45, 2.75) is 13.1 Å². The second-order valence-electron chi connectivity index (χ2n) is 3.90. The lowest BCUT2D eigenvalue weighted by Gasteiger charge is -2.04. The fourth-order valence-electron chi connectivity index (χ4n) is 1.56. The van der Waals surface area contributed by atoms with Crippen LogP contribution in [0, 0.1) is 0 Å². The number of carbonyl (C=O) groups is 1. The number of aryl methyl sites for hydroxylation is 1. The standard InChI is InChI=1S/C12H15N5O/c1-17-5-3-10(16-17)8-15-12(18)9-2-4-14-11(6-9)7-13/h2-6H,7-8,13H2,1H3,(H,15,18). The van der Waals surface area contributed by atoms with Gasteiger partial charge in [-0.1, -0.05) is 0 Å². The molecule has 0 bridgehead atoms. The van der Waals surface area contributed by atoms with Crippen molar-refractivity contribution in [3.05, 3.63) is 47.5 Å². The monoisotopic (exact) mass is 245 g/mol. The number of nitrogens with two attached hydrogens (primary N) is 1. The summed E-state index contributed by atoms with van der Waals surface area (Å²) in [5.74, 6) is -0.155. The van der Waals surface area contributed by atoms with Crippen LogP contribution in [0.2, 0.25) is 0 Å². The van der Waals surface area contributed by atoms with Crippen LogP contribution in [0.5, 0.6) is 0 Å². The molecule has 6 nitrogen and oxygen atoms in total. The second-order valence-corrected chi connectivity index (χ2v) is 3.90. The first-order valence-corrected chi connectivity index (χ1v) is 5.61. The maximum atomic E-state index is 11.9. The minimum atomic E-state index is -0.155. The predicted octanol–water partition coefficient (Wildman–Crippen LogP) is 0.204. The Labute approximate surface area is 105 Å². The van der Waals surface area contributed by atoms with Gasteiger partial charge in [0, 0.05) is 31.5 Å². The van der Waals surface area contributed by atoms with Crippen molar-refractivity contribution >= 4 is 5.91 Å². The molecular weight excluding hydrogens is 230 g/mol. The second kappa shape index (κ2) is 5.42. The summed E-state index contributed by atoms with van der Waals surface area (Å²) in [6.45, 7) is 0.724. The molecule has 0 aliphatic rings. The highest BCUT2D eigenvalue weighted by Crippen LogP contribution is 2.02. The van der Waals surface area contributed by atoms with Crippen LogP contribution in [0.3, 0.4) is 0 Å². The molecule has 0 radical (unpaired) electrons. The van der Waals surface area contributed by atoms with Crippen LogP contribution in [-0.2, 0) is 20.1 Å². The molecule has 3 N–H and O–H groups in total. The summed E-state index contributed by atoms with van der Waals surface area (Å²) < 4.78 is 1.69. The topological polar surface area (TPSA) is 85.8 Å². The molecule has 0 aromatic carbocycles. The molecule has 1 amide bonds. The number of hydrogen-bond acceptors (Lipinski definition) is 4. The number of nitrogens with zero attached hydrogens (tertiary/aromatic N) is 3. The molecule has 2 rings (SSSR count). The van der Waals surface area contributed by atoms with Crippen LogP contribution < -0.4 is 11.1 Å². The average molecular weight is 245 g/mol. The van der Waals surface area contributed by atoms with Gasteiger partial charge in [-0.2, -0.15) is 5.10 Å². The molecule has 0 unspecified atom stereocenters. The van der Waals surface area contributed by atoms with Gasteiger partial charge in [0.1, 0.15) is 0 Å². The smallest absolute Gasteiger partial charge is 0.251 e. The maximum absolute atomic E-state index is 11.9. The molecule has 94 valence electrons. The minimum Gasteiger partial charge on any atom is -0.346 e. The molecule has 2 aromatic heterocycles. The number of amides is 1. The summed E-state index contributed by atoms with van der Waals surface area (Å²) in [6, 6.07) is 5.21. The highest BCUT2D eigenvalue weighted by molar-refractivity contribution is 5.94. The average Bonchev–Trinajstić information content (AvgIpc) is 2.82. The van der Waals surface area contributed by atoms with E-state index in [-0.39, 0.29) is 5.91 Å². The van der Waals surface area contributed by atoms with Crippen molar-refractivity contribution in [1.82, 2.24) is 20.1 Å².